The van der Waals surface area contributed by atoms with Crippen LogP contribution in [0.25, 0.3) is 6.08 Å². The summed E-state index contributed by atoms with van der Waals surface area (Å²) in [5.74, 6) is -1.16. The summed E-state index contributed by atoms with van der Waals surface area (Å²) in [4.78, 5) is 49.5. The summed E-state index contributed by atoms with van der Waals surface area (Å²) in [5.41, 5.74) is 1.04. The van der Waals surface area contributed by atoms with E-state index in [0.717, 1.165) is 16.7 Å². The number of carbonyl (C=O) groups excluding carboxylic acids is 3. The fourth-order valence-electron chi connectivity index (χ4n) is 3.39. The number of halogens is 2. The van der Waals surface area contributed by atoms with E-state index < -0.39 is 22.0 Å². The minimum Gasteiger partial charge on any atom is -0.493 e. The van der Waals surface area contributed by atoms with Crippen LogP contribution < -0.4 is 9.47 Å². The van der Waals surface area contributed by atoms with E-state index in [-0.39, 0.29) is 44.2 Å². The molecule has 1 aliphatic rings. The van der Waals surface area contributed by atoms with E-state index in [4.69, 9.17) is 32.7 Å². The van der Waals surface area contributed by atoms with E-state index in [0.29, 0.717) is 11.1 Å². The molecule has 37 heavy (non-hydrogen) atoms. The smallest absolute Gasteiger partial charge is 0.345 e. The molecule has 2 amide bonds. The summed E-state index contributed by atoms with van der Waals surface area (Å²) in [6.07, 6.45) is 1.47. The number of hydrogen-bond donors (Lipinski definition) is 0. The van der Waals surface area contributed by atoms with Crippen LogP contribution in [0.15, 0.2) is 65.6 Å². The molecule has 1 saturated heterocycles. The summed E-state index contributed by atoms with van der Waals surface area (Å²) in [5, 5.41) is 10.6. The number of nitrogens with zero attached hydrogens (tertiary/aromatic N) is 2. The van der Waals surface area contributed by atoms with Crippen LogP contribution in [-0.2, 0) is 11.3 Å². The summed E-state index contributed by atoms with van der Waals surface area (Å²) < 4.78 is 10.8. The molecule has 0 aromatic heterocycles. The number of nitro groups is 1. The van der Waals surface area contributed by atoms with Gasteiger partial charge in [0, 0.05) is 12.1 Å². The van der Waals surface area contributed by atoms with Gasteiger partial charge < -0.3 is 9.47 Å². The second-order valence-corrected chi connectivity index (χ2v) is 9.40. The van der Waals surface area contributed by atoms with Gasteiger partial charge in [-0.1, -0.05) is 47.5 Å². The molecule has 1 aliphatic heterocycles. The number of rotatable bonds is 7. The lowest BCUT2D eigenvalue weighted by Gasteiger charge is -2.13. The van der Waals surface area contributed by atoms with Gasteiger partial charge in [-0.25, -0.2) is 4.79 Å². The lowest BCUT2D eigenvalue weighted by molar-refractivity contribution is -0.384. The summed E-state index contributed by atoms with van der Waals surface area (Å²) in [6, 6.07) is 14.9. The molecule has 0 atom stereocenters. The number of hydrogen-bond acceptors (Lipinski definition) is 8. The van der Waals surface area contributed by atoms with Crippen molar-refractivity contribution >= 4 is 63.8 Å². The van der Waals surface area contributed by atoms with Crippen molar-refractivity contribution in [3.8, 4) is 11.5 Å². The molecule has 9 nitrogen and oxygen atoms in total. The van der Waals surface area contributed by atoms with Crippen LogP contribution in [0.2, 0.25) is 10.0 Å². The molecular weight excluding hydrogens is 543 g/mol. The molecule has 12 heteroatoms. The van der Waals surface area contributed by atoms with Crippen LogP contribution in [0, 0.1) is 10.1 Å². The molecule has 0 aliphatic carbocycles. The zero-order chi connectivity index (χ0) is 26.7. The highest BCUT2D eigenvalue weighted by Gasteiger charge is 2.35. The van der Waals surface area contributed by atoms with E-state index in [9.17, 15) is 24.5 Å². The molecule has 3 aromatic rings. The number of carbonyl (C=O) groups is 3. The van der Waals surface area contributed by atoms with Gasteiger partial charge in [0.15, 0.2) is 11.5 Å². The Hall–Kier alpha value is -3.86. The van der Waals surface area contributed by atoms with Crippen LogP contribution in [0.1, 0.15) is 21.5 Å². The highest BCUT2D eigenvalue weighted by Crippen LogP contribution is 2.40. The summed E-state index contributed by atoms with van der Waals surface area (Å²) >= 11 is 13.2. The summed E-state index contributed by atoms with van der Waals surface area (Å²) in [6.45, 7) is -0.0407. The predicted octanol–water partition coefficient (Wildman–Crippen LogP) is 6.37. The molecule has 1 heterocycles. The van der Waals surface area contributed by atoms with Gasteiger partial charge in [-0.3, -0.25) is 24.6 Å². The summed E-state index contributed by atoms with van der Waals surface area (Å²) in [7, 11) is 1.36. The van der Waals surface area contributed by atoms with Gasteiger partial charge in [-0.15, -0.1) is 0 Å². The molecule has 4 rings (SSSR count). The first-order valence-corrected chi connectivity index (χ1v) is 12.1. The predicted molar refractivity (Wildman–Crippen MR) is 139 cm³/mol. The normalized spacial score (nSPS) is 14.2. The number of esters is 1. The third-order valence-corrected chi connectivity index (χ3v) is 6.72. The van der Waals surface area contributed by atoms with Gasteiger partial charge >= 0.3 is 5.97 Å². The van der Waals surface area contributed by atoms with Gasteiger partial charge in [0.1, 0.15) is 0 Å². The zero-order valence-electron chi connectivity index (χ0n) is 19.0. The minimum absolute atomic E-state index is 0.0301. The SMILES string of the molecule is COc1cc(/C=C2\SC(=O)N(Cc3ccc([N+](=O)[O-])cc3)C2=O)cc(Cl)c1OC(=O)c1ccccc1Cl. The Labute approximate surface area is 224 Å². The maximum Gasteiger partial charge on any atom is 0.345 e. The maximum atomic E-state index is 12.9. The largest absolute Gasteiger partial charge is 0.493 e. The lowest BCUT2D eigenvalue weighted by Crippen LogP contribution is -2.27. The highest BCUT2D eigenvalue weighted by molar-refractivity contribution is 8.18. The van der Waals surface area contributed by atoms with Crippen molar-refractivity contribution in [2.75, 3.05) is 7.11 Å². The molecule has 0 saturated carbocycles. The molecule has 0 spiro atoms. The number of thioether (sulfide) groups is 1. The average Bonchev–Trinajstić information content (AvgIpc) is 3.13. The molecular formula is C25H16Cl2N2O7S. The van der Waals surface area contributed by atoms with Crippen molar-refractivity contribution in [1.82, 2.24) is 4.90 Å². The average molecular weight is 559 g/mol. The Morgan fingerprint density at radius 3 is 2.43 bits per heavy atom. The monoisotopic (exact) mass is 558 g/mol. The van der Waals surface area contributed by atoms with E-state index in [2.05, 4.69) is 0 Å². The van der Waals surface area contributed by atoms with Crippen LogP contribution in [0.3, 0.4) is 0 Å². The number of ether oxygens (including phenoxy) is 2. The van der Waals surface area contributed by atoms with Gasteiger partial charge in [-0.2, -0.15) is 0 Å². The van der Waals surface area contributed by atoms with Crippen LogP contribution >= 0.6 is 35.0 Å². The van der Waals surface area contributed by atoms with E-state index in [1.165, 1.54) is 55.7 Å². The molecule has 3 aromatic carbocycles. The second kappa shape index (κ2) is 11.0. The number of amides is 2. The Morgan fingerprint density at radius 1 is 1.08 bits per heavy atom. The Morgan fingerprint density at radius 2 is 1.78 bits per heavy atom. The molecule has 0 N–H and O–H groups in total. The molecule has 0 bridgehead atoms. The first-order chi connectivity index (χ1) is 17.7. The number of benzene rings is 3. The van der Waals surface area contributed by atoms with Gasteiger partial charge in [0.25, 0.3) is 16.8 Å². The van der Waals surface area contributed by atoms with Crippen molar-refractivity contribution in [3.05, 3.63) is 102 Å². The van der Waals surface area contributed by atoms with Crippen molar-refractivity contribution in [1.29, 1.82) is 0 Å². The molecule has 1 fully saturated rings. The van der Waals surface area contributed by atoms with Gasteiger partial charge in [0.05, 0.1) is 39.1 Å². The third kappa shape index (κ3) is 5.77. The first kappa shape index (κ1) is 26.2. The van der Waals surface area contributed by atoms with Crippen molar-refractivity contribution in [2.24, 2.45) is 0 Å². The molecule has 0 unspecified atom stereocenters. The zero-order valence-corrected chi connectivity index (χ0v) is 21.3. The van der Waals surface area contributed by atoms with Crippen molar-refractivity contribution in [2.45, 2.75) is 6.54 Å². The lowest BCUT2D eigenvalue weighted by atomic mass is 10.1. The standard InChI is InChI=1S/C25H16Cl2N2O7S/c1-35-20-11-15(10-19(27)22(20)36-24(31)17-4-2-3-5-18(17)26)12-21-23(30)28(25(32)37-21)13-14-6-8-16(9-7-14)29(33)34/h2-12H,13H2,1H3/b21-12-. The number of imide groups is 1. The van der Waals surface area contributed by atoms with Crippen LogP contribution in [-0.4, -0.2) is 34.0 Å². The highest BCUT2D eigenvalue weighted by atomic mass is 35.5. The van der Waals surface area contributed by atoms with Gasteiger partial charge in [0.2, 0.25) is 0 Å². The minimum atomic E-state index is -0.731. The first-order valence-electron chi connectivity index (χ1n) is 10.5. The van der Waals surface area contributed by atoms with E-state index >= 15 is 0 Å². The molecule has 188 valence electrons. The number of methoxy groups -OCH3 is 1. The third-order valence-electron chi connectivity index (χ3n) is 5.20. The number of nitro benzene ring substituents is 1. The topological polar surface area (TPSA) is 116 Å². The number of non-ortho nitro benzene ring substituents is 1. The van der Waals surface area contributed by atoms with Gasteiger partial charge in [-0.05, 0) is 53.2 Å². The maximum absolute atomic E-state index is 12.9. The van der Waals surface area contributed by atoms with E-state index in [1.54, 1.807) is 18.2 Å². The fourth-order valence-corrected chi connectivity index (χ4v) is 4.70. The van der Waals surface area contributed by atoms with Crippen molar-refractivity contribution < 1.29 is 28.8 Å². The van der Waals surface area contributed by atoms with E-state index in [1.807, 2.05) is 0 Å². The van der Waals surface area contributed by atoms with Crippen molar-refractivity contribution in [3.63, 3.8) is 0 Å². The Balaban J connectivity index is 1.55. The second-order valence-electron chi connectivity index (χ2n) is 7.59. The Kier molecular flexibility index (Phi) is 7.82. The quantitative estimate of drug-likeness (QED) is 0.108. The Bertz CT molecular complexity index is 1460. The van der Waals surface area contributed by atoms with Crippen LogP contribution in [0.4, 0.5) is 10.5 Å². The molecule has 0 radical (unpaired) electrons. The van der Waals surface area contributed by atoms with Crippen LogP contribution in [0.5, 0.6) is 11.5 Å². The fraction of sp³-hybridized carbons (Fsp3) is 0.0800.